The fourth-order valence-corrected chi connectivity index (χ4v) is 0.516. The first-order chi connectivity index (χ1) is 5.00. The zero-order valence-corrected chi connectivity index (χ0v) is 6.57. The summed E-state index contributed by atoms with van der Waals surface area (Å²) in [6.45, 7) is 4.93. The van der Waals surface area contributed by atoms with E-state index in [1.807, 2.05) is 0 Å². The molecule has 0 aromatic rings. The van der Waals surface area contributed by atoms with E-state index in [1.165, 1.54) is 11.9 Å². The average molecular weight is 157 g/mol. The number of hydrogen-bond donors (Lipinski definition) is 1. The first-order valence-electron chi connectivity index (χ1n) is 3.10. The van der Waals surface area contributed by atoms with Gasteiger partial charge in [0.15, 0.2) is 0 Å². The molecule has 62 valence electrons. The maximum Gasteiger partial charge on any atom is 0.333 e. The van der Waals surface area contributed by atoms with Crippen LogP contribution >= 0.6 is 0 Å². The van der Waals surface area contributed by atoms with E-state index in [2.05, 4.69) is 6.58 Å². The Morgan fingerprint density at radius 2 is 2.18 bits per heavy atom. The van der Waals surface area contributed by atoms with Crippen molar-refractivity contribution in [2.45, 2.75) is 13.0 Å². The predicted octanol–water partition coefficient (Wildman–Crippen LogP) is 0.104. The van der Waals surface area contributed by atoms with Gasteiger partial charge in [0.1, 0.15) is 0 Å². The molecule has 0 saturated carbocycles. The molecule has 0 bridgehead atoms. The molecule has 0 rings (SSSR count). The minimum absolute atomic E-state index is 0.0135. The Labute approximate surface area is 65.1 Å². The van der Waals surface area contributed by atoms with E-state index in [-0.39, 0.29) is 5.57 Å². The number of carbonyl (C=O) groups is 2. The summed E-state index contributed by atoms with van der Waals surface area (Å²) in [6, 6.07) is -0.454. The van der Waals surface area contributed by atoms with Crippen molar-refractivity contribution in [2.24, 2.45) is 0 Å². The van der Waals surface area contributed by atoms with Gasteiger partial charge in [-0.05, 0) is 6.92 Å². The van der Waals surface area contributed by atoms with E-state index >= 15 is 0 Å². The molecule has 4 nitrogen and oxygen atoms in total. The highest BCUT2D eigenvalue weighted by Crippen LogP contribution is 2.03. The predicted molar refractivity (Wildman–Crippen MR) is 40.1 cm³/mol. The monoisotopic (exact) mass is 157 g/mol. The van der Waals surface area contributed by atoms with Gasteiger partial charge in [-0.2, -0.15) is 0 Å². The van der Waals surface area contributed by atoms with E-state index in [0.29, 0.717) is 6.41 Å². The summed E-state index contributed by atoms with van der Waals surface area (Å²) in [5, 5.41) is 8.45. The molecule has 0 aromatic carbocycles. The Kier molecular flexibility index (Phi) is 3.30. The second kappa shape index (κ2) is 3.75. The molecule has 11 heavy (non-hydrogen) atoms. The van der Waals surface area contributed by atoms with Crippen LogP contribution in [0.2, 0.25) is 0 Å². The van der Waals surface area contributed by atoms with Crippen molar-refractivity contribution in [3.05, 3.63) is 12.2 Å². The van der Waals surface area contributed by atoms with Gasteiger partial charge < -0.3 is 10.0 Å². The normalized spacial score (nSPS) is 11.8. The lowest BCUT2D eigenvalue weighted by Crippen LogP contribution is -2.31. The highest BCUT2D eigenvalue weighted by atomic mass is 16.4. The Morgan fingerprint density at radius 3 is 2.45 bits per heavy atom. The van der Waals surface area contributed by atoms with Crippen molar-refractivity contribution in [3.8, 4) is 0 Å². The van der Waals surface area contributed by atoms with Gasteiger partial charge in [0.05, 0.1) is 11.6 Å². The number of hydrogen-bond acceptors (Lipinski definition) is 2. The van der Waals surface area contributed by atoms with Crippen molar-refractivity contribution in [1.82, 2.24) is 4.90 Å². The van der Waals surface area contributed by atoms with Crippen molar-refractivity contribution in [1.29, 1.82) is 0 Å². The van der Waals surface area contributed by atoms with Crippen LogP contribution in [0.3, 0.4) is 0 Å². The number of likely N-dealkylation sites (N-methyl/N-ethyl adjacent to an activating group) is 1. The molecular weight excluding hydrogens is 146 g/mol. The number of rotatable bonds is 4. The summed E-state index contributed by atoms with van der Waals surface area (Å²) in [6.07, 6.45) is 0.568. The van der Waals surface area contributed by atoms with E-state index in [9.17, 15) is 9.59 Å². The molecule has 4 heteroatoms. The van der Waals surface area contributed by atoms with Crippen LogP contribution in [0.1, 0.15) is 6.92 Å². The molecule has 0 aromatic heterocycles. The number of amides is 1. The molecule has 1 amide bonds. The molecule has 1 atom stereocenters. The molecule has 1 unspecified atom stereocenters. The standard InChI is InChI=1S/C7H11NO3/c1-5(7(10)11)6(2)8(3)4-9/h4,6H,1H2,2-3H3,(H,10,11). The average Bonchev–Trinajstić information content (AvgIpc) is 2.00. The summed E-state index contributed by atoms with van der Waals surface area (Å²) in [7, 11) is 1.51. The molecule has 0 aliphatic carbocycles. The highest BCUT2D eigenvalue weighted by Gasteiger charge is 2.16. The molecule has 0 fully saturated rings. The molecule has 0 spiro atoms. The second-order valence-electron chi connectivity index (χ2n) is 2.28. The third kappa shape index (κ3) is 2.41. The third-order valence-corrected chi connectivity index (χ3v) is 1.56. The number of carbonyl (C=O) groups excluding carboxylic acids is 1. The first kappa shape index (κ1) is 9.68. The Morgan fingerprint density at radius 1 is 1.73 bits per heavy atom. The summed E-state index contributed by atoms with van der Waals surface area (Å²) in [5.41, 5.74) is 0.0135. The zero-order chi connectivity index (χ0) is 9.02. The SMILES string of the molecule is C=C(C(=O)O)C(C)N(C)C=O. The van der Waals surface area contributed by atoms with Gasteiger partial charge in [-0.3, -0.25) is 4.79 Å². The van der Waals surface area contributed by atoms with Crippen molar-refractivity contribution in [2.75, 3.05) is 7.05 Å². The van der Waals surface area contributed by atoms with Crippen LogP contribution in [-0.4, -0.2) is 35.5 Å². The number of nitrogens with zero attached hydrogens (tertiary/aromatic N) is 1. The zero-order valence-electron chi connectivity index (χ0n) is 6.57. The van der Waals surface area contributed by atoms with E-state index < -0.39 is 12.0 Å². The maximum atomic E-state index is 10.3. The van der Waals surface area contributed by atoms with Crippen LogP contribution in [0.15, 0.2) is 12.2 Å². The van der Waals surface area contributed by atoms with Gasteiger partial charge in [0, 0.05) is 7.05 Å². The van der Waals surface area contributed by atoms with Crippen molar-refractivity contribution < 1.29 is 14.7 Å². The molecule has 1 N–H and O–H groups in total. The lowest BCUT2D eigenvalue weighted by Gasteiger charge is -2.19. The van der Waals surface area contributed by atoms with Crippen LogP contribution in [-0.2, 0) is 9.59 Å². The van der Waals surface area contributed by atoms with E-state index in [0.717, 1.165) is 0 Å². The largest absolute Gasteiger partial charge is 0.478 e. The minimum Gasteiger partial charge on any atom is -0.478 e. The van der Waals surface area contributed by atoms with Gasteiger partial charge in [0.25, 0.3) is 0 Å². The fourth-order valence-electron chi connectivity index (χ4n) is 0.516. The Bertz CT molecular complexity index is 188. The van der Waals surface area contributed by atoms with E-state index in [1.54, 1.807) is 6.92 Å². The van der Waals surface area contributed by atoms with Crippen LogP contribution in [0.5, 0.6) is 0 Å². The minimum atomic E-state index is -1.08. The maximum absolute atomic E-state index is 10.3. The van der Waals surface area contributed by atoms with Crippen molar-refractivity contribution in [3.63, 3.8) is 0 Å². The lowest BCUT2D eigenvalue weighted by atomic mass is 10.1. The molecule has 0 aliphatic rings. The Hall–Kier alpha value is -1.32. The van der Waals surface area contributed by atoms with Crippen LogP contribution < -0.4 is 0 Å². The molecule has 0 saturated heterocycles. The van der Waals surface area contributed by atoms with Crippen LogP contribution in [0.25, 0.3) is 0 Å². The molecule has 0 radical (unpaired) electrons. The summed E-state index contributed by atoms with van der Waals surface area (Å²) in [4.78, 5) is 21.7. The van der Waals surface area contributed by atoms with Crippen LogP contribution in [0.4, 0.5) is 0 Å². The van der Waals surface area contributed by atoms with Gasteiger partial charge in [-0.25, -0.2) is 4.79 Å². The van der Waals surface area contributed by atoms with Gasteiger partial charge in [-0.15, -0.1) is 0 Å². The first-order valence-corrected chi connectivity index (χ1v) is 3.10. The van der Waals surface area contributed by atoms with Crippen molar-refractivity contribution >= 4 is 12.4 Å². The second-order valence-corrected chi connectivity index (χ2v) is 2.28. The lowest BCUT2D eigenvalue weighted by molar-refractivity contribution is -0.133. The summed E-state index contributed by atoms with van der Waals surface area (Å²) < 4.78 is 0. The molecular formula is C7H11NO3. The smallest absolute Gasteiger partial charge is 0.333 e. The van der Waals surface area contributed by atoms with Crippen LogP contribution in [0, 0.1) is 0 Å². The third-order valence-electron chi connectivity index (χ3n) is 1.56. The van der Waals surface area contributed by atoms with Gasteiger partial charge >= 0.3 is 5.97 Å². The quantitative estimate of drug-likeness (QED) is 0.465. The number of carboxylic acid groups (broad SMARTS) is 1. The highest BCUT2D eigenvalue weighted by molar-refractivity contribution is 5.87. The van der Waals surface area contributed by atoms with Gasteiger partial charge in [0.2, 0.25) is 6.41 Å². The molecule has 0 aliphatic heterocycles. The van der Waals surface area contributed by atoms with E-state index in [4.69, 9.17) is 5.11 Å². The number of aliphatic carboxylic acids is 1. The topological polar surface area (TPSA) is 57.6 Å². The Balaban J connectivity index is 4.24. The summed E-state index contributed by atoms with van der Waals surface area (Å²) >= 11 is 0. The van der Waals surface area contributed by atoms with Gasteiger partial charge in [-0.1, -0.05) is 6.58 Å². The molecule has 0 heterocycles. The number of carboxylic acids is 1. The summed E-state index contributed by atoms with van der Waals surface area (Å²) in [5.74, 6) is -1.08. The fraction of sp³-hybridized carbons (Fsp3) is 0.429.